The van der Waals surface area contributed by atoms with Crippen LogP contribution in [0.25, 0.3) is 0 Å². The first kappa shape index (κ1) is 17.6. The number of hydrogen-bond donors (Lipinski definition) is 0. The Kier molecular flexibility index (Phi) is 5.66. The van der Waals surface area contributed by atoms with Crippen molar-refractivity contribution in [1.82, 2.24) is 0 Å². The second-order valence-electron chi connectivity index (χ2n) is 5.15. The molecule has 0 radical (unpaired) electrons. The van der Waals surface area contributed by atoms with Gasteiger partial charge in [0.2, 0.25) is 0 Å². The first-order chi connectivity index (χ1) is 11.5. The van der Waals surface area contributed by atoms with Gasteiger partial charge in [0, 0.05) is 7.11 Å². The number of esters is 1. The molecule has 24 heavy (non-hydrogen) atoms. The molecule has 1 aliphatic rings. The van der Waals surface area contributed by atoms with E-state index >= 15 is 0 Å². The van der Waals surface area contributed by atoms with E-state index in [-0.39, 0.29) is 17.9 Å². The Morgan fingerprint density at radius 3 is 2.71 bits per heavy atom. The lowest BCUT2D eigenvalue weighted by atomic mass is 9.86. The van der Waals surface area contributed by atoms with E-state index in [1.807, 2.05) is 6.07 Å². The first-order valence-electron chi connectivity index (χ1n) is 7.44. The van der Waals surface area contributed by atoms with Crippen LogP contribution in [0, 0.1) is 17.2 Å². The third-order valence-corrected chi connectivity index (χ3v) is 3.66. The van der Waals surface area contributed by atoms with Crippen molar-refractivity contribution in [2.24, 2.45) is 5.92 Å². The Balaban J connectivity index is 2.27. The lowest BCUT2D eigenvalue weighted by molar-refractivity contribution is -0.149. The number of carbonyl (C=O) groups excluding carboxylic acids is 3. The molecule has 0 fully saturated rings. The van der Waals surface area contributed by atoms with E-state index in [9.17, 15) is 19.6 Å². The Morgan fingerprint density at radius 2 is 2.08 bits per heavy atom. The maximum atomic E-state index is 12.5. The maximum Gasteiger partial charge on any atom is 0.313 e. The van der Waals surface area contributed by atoms with Crippen molar-refractivity contribution in [2.75, 3.05) is 13.7 Å². The molecule has 3 unspecified atom stereocenters. The molecular formula is C17H17NO6. The highest BCUT2D eigenvalue weighted by molar-refractivity contribution is 6.04. The first-order valence-corrected chi connectivity index (χ1v) is 7.44. The number of Topliss-reactive ketones (excluding diaryl/α,β-unsaturated/α-hetero) is 2. The predicted molar refractivity (Wildman–Crippen MR) is 81.3 cm³/mol. The molecule has 0 saturated carbocycles. The topological polar surface area (TPSA) is 103 Å². The standard InChI is InChI=1S/C17H17NO6/c1-3-23-14(20)8-12(19)17(22-2)16-11(9-18)15(21)10-6-4-5-7-13(10)24-16/h4-7,11,16-17H,3,8H2,1-2H3. The summed E-state index contributed by atoms with van der Waals surface area (Å²) in [4.78, 5) is 36.3. The minimum atomic E-state index is -1.23. The smallest absolute Gasteiger partial charge is 0.313 e. The number of ether oxygens (including phenoxy) is 3. The Morgan fingerprint density at radius 1 is 1.38 bits per heavy atom. The number of nitriles is 1. The molecule has 7 heteroatoms. The quantitative estimate of drug-likeness (QED) is 0.572. The van der Waals surface area contributed by atoms with Crippen LogP contribution in [-0.2, 0) is 19.1 Å². The minimum Gasteiger partial charge on any atom is -0.485 e. The second-order valence-corrected chi connectivity index (χ2v) is 5.15. The summed E-state index contributed by atoms with van der Waals surface area (Å²) in [7, 11) is 1.26. The monoisotopic (exact) mass is 331 g/mol. The van der Waals surface area contributed by atoms with Crippen molar-refractivity contribution in [3.63, 3.8) is 0 Å². The molecule has 0 aromatic heterocycles. The number of ketones is 2. The van der Waals surface area contributed by atoms with E-state index in [1.54, 1.807) is 31.2 Å². The molecular weight excluding hydrogens is 314 g/mol. The van der Waals surface area contributed by atoms with Gasteiger partial charge in [0.15, 0.2) is 23.8 Å². The van der Waals surface area contributed by atoms with E-state index < -0.39 is 42.1 Å². The summed E-state index contributed by atoms with van der Waals surface area (Å²) in [6, 6.07) is 8.35. The van der Waals surface area contributed by atoms with Crippen LogP contribution < -0.4 is 4.74 Å². The Bertz CT molecular complexity index is 693. The highest BCUT2D eigenvalue weighted by Crippen LogP contribution is 2.32. The second kappa shape index (κ2) is 7.70. The fraction of sp³-hybridized carbons (Fsp3) is 0.412. The SMILES string of the molecule is CCOC(=O)CC(=O)C(OC)C1Oc2ccccc2C(=O)C1C#N. The highest BCUT2D eigenvalue weighted by Gasteiger charge is 2.45. The lowest BCUT2D eigenvalue weighted by Gasteiger charge is -2.32. The molecule has 1 heterocycles. The number of para-hydroxylation sites is 1. The summed E-state index contributed by atoms with van der Waals surface area (Å²) >= 11 is 0. The fourth-order valence-corrected chi connectivity index (χ4v) is 2.58. The van der Waals surface area contributed by atoms with E-state index in [2.05, 4.69) is 0 Å². The molecule has 0 aliphatic carbocycles. The van der Waals surface area contributed by atoms with E-state index in [0.29, 0.717) is 0 Å². The third kappa shape index (κ3) is 3.44. The van der Waals surface area contributed by atoms with Gasteiger partial charge in [0.1, 0.15) is 18.1 Å². The average molecular weight is 331 g/mol. The molecule has 7 nitrogen and oxygen atoms in total. The number of methoxy groups -OCH3 is 1. The van der Waals surface area contributed by atoms with Gasteiger partial charge < -0.3 is 14.2 Å². The Hall–Kier alpha value is -2.72. The number of hydrogen-bond acceptors (Lipinski definition) is 7. The number of benzene rings is 1. The van der Waals surface area contributed by atoms with Crippen molar-refractivity contribution in [1.29, 1.82) is 5.26 Å². The zero-order valence-corrected chi connectivity index (χ0v) is 13.4. The van der Waals surface area contributed by atoms with Crippen molar-refractivity contribution in [2.45, 2.75) is 25.6 Å². The minimum absolute atomic E-state index is 0.149. The van der Waals surface area contributed by atoms with Crippen molar-refractivity contribution >= 4 is 17.5 Å². The van der Waals surface area contributed by atoms with Crippen LogP contribution in [0.1, 0.15) is 23.7 Å². The zero-order valence-electron chi connectivity index (χ0n) is 13.4. The van der Waals surface area contributed by atoms with Gasteiger partial charge >= 0.3 is 5.97 Å². The van der Waals surface area contributed by atoms with Gasteiger partial charge in [-0.25, -0.2) is 0 Å². The summed E-state index contributed by atoms with van der Waals surface area (Å²) in [5, 5.41) is 9.34. The van der Waals surface area contributed by atoms with Crippen LogP contribution in [-0.4, -0.2) is 43.5 Å². The van der Waals surface area contributed by atoms with Crippen molar-refractivity contribution in [3.8, 4) is 11.8 Å². The lowest BCUT2D eigenvalue weighted by Crippen LogP contribution is -2.49. The molecule has 0 amide bonds. The largest absolute Gasteiger partial charge is 0.485 e. The van der Waals surface area contributed by atoms with Crippen LogP contribution in [0.5, 0.6) is 5.75 Å². The Labute approximate surface area is 139 Å². The number of fused-ring (bicyclic) bond motifs is 1. The summed E-state index contributed by atoms with van der Waals surface area (Å²) < 4.78 is 15.6. The number of carbonyl (C=O) groups is 3. The van der Waals surface area contributed by atoms with Crippen LogP contribution in [0.3, 0.4) is 0 Å². The molecule has 0 N–H and O–H groups in total. The molecule has 1 aliphatic heterocycles. The maximum absolute atomic E-state index is 12.5. The van der Waals surface area contributed by atoms with Crippen LogP contribution >= 0.6 is 0 Å². The number of rotatable bonds is 6. The molecule has 1 aromatic rings. The van der Waals surface area contributed by atoms with Gasteiger partial charge in [0.25, 0.3) is 0 Å². The summed E-state index contributed by atoms with van der Waals surface area (Å²) in [6.07, 6.45) is -2.86. The van der Waals surface area contributed by atoms with Gasteiger partial charge in [-0.3, -0.25) is 14.4 Å². The molecule has 0 bridgehead atoms. The molecule has 2 rings (SSSR count). The highest BCUT2D eigenvalue weighted by atomic mass is 16.5. The molecule has 0 saturated heterocycles. The van der Waals surface area contributed by atoms with Gasteiger partial charge in [-0.1, -0.05) is 12.1 Å². The normalized spacial score (nSPS) is 20.3. The molecule has 0 spiro atoms. The van der Waals surface area contributed by atoms with Gasteiger partial charge in [-0.05, 0) is 19.1 Å². The zero-order chi connectivity index (χ0) is 17.7. The summed E-state index contributed by atoms with van der Waals surface area (Å²) in [5.74, 6) is -2.65. The fourth-order valence-electron chi connectivity index (χ4n) is 2.58. The molecule has 126 valence electrons. The van der Waals surface area contributed by atoms with Gasteiger partial charge in [-0.2, -0.15) is 5.26 Å². The molecule has 1 aromatic carbocycles. The average Bonchev–Trinajstić information content (AvgIpc) is 2.56. The predicted octanol–water partition coefficient (Wildman–Crippen LogP) is 1.31. The van der Waals surface area contributed by atoms with E-state index in [4.69, 9.17) is 14.2 Å². The van der Waals surface area contributed by atoms with Crippen LogP contribution in [0.2, 0.25) is 0 Å². The van der Waals surface area contributed by atoms with E-state index in [0.717, 1.165) is 0 Å². The van der Waals surface area contributed by atoms with Crippen molar-refractivity contribution < 1.29 is 28.6 Å². The van der Waals surface area contributed by atoms with Crippen molar-refractivity contribution in [3.05, 3.63) is 29.8 Å². The summed E-state index contributed by atoms with van der Waals surface area (Å²) in [6.45, 7) is 1.78. The van der Waals surface area contributed by atoms with Gasteiger partial charge in [0.05, 0.1) is 18.2 Å². The van der Waals surface area contributed by atoms with Crippen LogP contribution in [0.4, 0.5) is 0 Å². The molecule has 3 atom stereocenters. The summed E-state index contributed by atoms with van der Waals surface area (Å²) in [5.41, 5.74) is 0.285. The van der Waals surface area contributed by atoms with Gasteiger partial charge in [-0.15, -0.1) is 0 Å². The number of nitrogens with zero attached hydrogens (tertiary/aromatic N) is 1. The van der Waals surface area contributed by atoms with Crippen LogP contribution in [0.15, 0.2) is 24.3 Å². The van der Waals surface area contributed by atoms with E-state index in [1.165, 1.54) is 7.11 Å². The third-order valence-electron chi connectivity index (χ3n) is 3.66.